The van der Waals surface area contributed by atoms with E-state index in [2.05, 4.69) is 46.0 Å². The number of nitrogen functional groups attached to an aromatic ring is 1. The standard InChI is InChI=1S/C12H22N6O/c1-12(2,3)8-5-6-18(7-8)10-14-9(17-13)15-11(16-10)19-4/h8H,5-7,13H2,1-4H3,(H,14,15,16,17). The lowest BCUT2D eigenvalue weighted by molar-refractivity contribution is 0.263. The van der Waals surface area contributed by atoms with Crippen LogP contribution in [0.5, 0.6) is 6.01 Å². The third kappa shape index (κ3) is 3.04. The Hall–Kier alpha value is -1.63. The van der Waals surface area contributed by atoms with Gasteiger partial charge in [0.1, 0.15) is 0 Å². The number of aromatic nitrogens is 3. The maximum atomic E-state index is 5.36. The lowest BCUT2D eigenvalue weighted by atomic mass is 9.80. The summed E-state index contributed by atoms with van der Waals surface area (Å²) in [5.41, 5.74) is 2.73. The van der Waals surface area contributed by atoms with E-state index in [0.717, 1.165) is 19.5 Å². The number of hydrogen-bond donors (Lipinski definition) is 2. The van der Waals surface area contributed by atoms with E-state index < -0.39 is 0 Å². The fraction of sp³-hybridized carbons (Fsp3) is 0.750. The molecule has 7 nitrogen and oxygen atoms in total. The van der Waals surface area contributed by atoms with Crippen LogP contribution in [-0.4, -0.2) is 35.2 Å². The molecule has 1 fully saturated rings. The third-order valence-corrected chi connectivity index (χ3v) is 3.61. The maximum absolute atomic E-state index is 5.36. The lowest BCUT2D eigenvalue weighted by Crippen LogP contribution is -2.27. The van der Waals surface area contributed by atoms with Gasteiger partial charge >= 0.3 is 6.01 Å². The van der Waals surface area contributed by atoms with Gasteiger partial charge in [0.25, 0.3) is 0 Å². The average Bonchev–Trinajstić information content (AvgIpc) is 2.87. The van der Waals surface area contributed by atoms with E-state index in [-0.39, 0.29) is 6.01 Å². The highest BCUT2D eigenvalue weighted by Gasteiger charge is 2.33. The number of nitrogens with two attached hydrogens (primary N) is 1. The van der Waals surface area contributed by atoms with Crippen molar-refractivity contribution in [1.29, 1.82) is 0 Å². The first-order valence-corrected chi connectivity index (χ1v) is 6.45. The van der Waals surface area contributed by atoms with Gasteiger partial charge in [-0.3, -0.25) is 5.43 Å². The van der Waals surface area contributed by atoms with Crippen LogP contribution in [0.2, 0.25) is 0 Å². The summed E-state index contributed by atoms with van der Waals surface area (Å²) >= 11 is 0. The van der Waals surface area contributed by atoms with Crippen LogP contribution in [0.3, 0.4) is 0 Å². The van der Waals surface area contributed by atoms with Gasteiger partial charge in [-0.15, -0.1) is 0 Å². The maximum Gasteiger partial charge on any atom is 0.322 e. The van der Waals surface area contributed by atoms with Crippen molar-refractivity contribution in [3.8, 4) is 6.01 Å². The van der Waals surface area contributed by atoms with Crippen LogP contribution < -0.4 is 20.9 Å². The van der Waals surface area contributed by atoms with Crippen molar-refractivity contribution in [3.05, 3.63) is 0 Å². The van der Waals surface area contributed by atoms with Crippen LogP contribution in [0.4, 0.5) is 11.9 Å². The van der Waals surface area contributed by atoms with E-state index >= 15 is 0 Å². The second-order valence-electron chi connectivity index (χ2n) is 5.89. The van der Waals surface area contributed by atoms with Gasteiger partial charge in [0, 0.05) is 13.1 Å². The van der Waals surface area contributed by atoms with Crippen LogP contribution in [0.25, 0.3) is 0 Å². The number of ether oxygens (including phenoxy) is 1. The van der Waals surface area contributed by atoms with Crippen LogP contribution in [0.1, 0.15) is 27.2 Å². The number of rotatable bonds is 3. The summed E-state index contributed by atoms with van der Waals surface area (Å²) in [6.07, 6.45) is 1.14. The largest absolute Gasteiger partial charge is 0.467 e. The summed E-state index contributed by atoms with van der Waals surface area (Å²) in [7, 11) is 1.53. The van der Waals surface area contributed by atoms with Gasteiger partial charge in [-0.25, -0.2) is 5.84 Å². The molecule has 0 aromatic carbocycles. The zero-order chi connectivity index (χ0) is 14.0. The first-order valence-electron chi connectivity index (χ1n) is 6.45. The second-order valence-corrected chi connectivity index (χ2v) is 5.89. The van der Waals surface area contributed by atoms with Crippen LogP contribution in [0, 0.1) is 11.3 Å². The molecule has 0 spiro atoms. The molecule has 1 unspecified atom stereocenters. The monoisotopic (exact) mass is 266 g/mol. The van der Waals surface area contributed by atoms with E-state index in [1.54, 1.807) is 0 Å². The fourth-order valence-electron chi connectivity index (χ4n) is 2.29. The summed E-state index contributed by atoms with van der Waals surface area (Å²) in [6.45, 7) is 8.69. The van der Waals surface area contributed by atoms with Gasteiger partial charge in [-0.2, -0.15) is 15.0 Å². The SMILES string of the molecule is COc1nc(NN)nc(N2CCC(C(C)(C)C)C2)n1. The van der Waals surface area contributed by atoms with Gasteiger partial charge in [-0.05, 0) is 17.8 Å². The van der Waals surface area contributed by atoms with Gasteiger partial charge in [-0.1, -0.05) is 20.8 Å². The van der Waals surface area contributed by atoms with Crippen molar-refractivity contribution in [3.63, 3.8) is 0 Å². The first kappa shape index (κ1) is 13.8. The molecule has 1 aromatic heterocycles. The van der Waals surface area contributed by atoms with Crippen molar-refractivity contribution in [2.75, 3.05) is 30.5 Å². The highest BCUT2D eigenvalue weighted by atomic mass is 16.5. The van der Waals surface area contributed by atoms with Gasteiger partial charge in [0.15, 0.2) is 0 Å². The molecule has 1 saturated heterocycles. The minimum absolute atomic E-state index is 0.275. The molecule has 0 aliphatic carbocycles. The summed E-state index contributed by atoms with van der Waals surface area (Å²) in [6, 6.07) is 0.275. The molecular formula is C12H22N6O. The molecule has 2 rings (SSSR count). The number of nitrogens with one attached hydrogen (secondary N) is 1. The highest BCUT2D eigenvalue weighted by molar-refractivity contribution is 5.38. The topological polar surface area (TPSA) is 89.2 Å². The Morgan fingerprint density at radius 2 is 2.05 bits per heavy atom. The predicted molar refractivity (Wildman–Crippen MR) is 74.0 cm³/mol. The number of nitrogens with zero attached hydrogens (tertiary/aromatic N) is 4. The number of anilines is 2. The molecule has 106 valence electrons. The second kappa shape index (κ2) is 5.16. The highest BCUT2D eigenvalue weighted by Crippen LogP contribution is 2.34. The Kier molecular flexibility index (Phi) is 3.75. The third-order valence-electron chi connectivity index (χ3n) is 3.61. The number of methoxy groups -OCH3 is 1. The predicted octanol–water partition coefficient (Wildman–Crippen LogP) is 1.04. The molecule has 0 amide bonds. The van der Waals surface area contributed by atoms with Gasteiger partial charge in [0.2, 0.25) is 11.9 Å². The molecule has 1 atom stereocenters. The molecule has 0 bridgehead atoms. The Morgan fingerprint density at radius 3 is 2.58 bits per heavy atom. The Balaban J connectivity index is 2.19. The normalized spacial score (nSPS) is 19.6. The molecule has 0 saturated carbocycles. The fourth-order valence-corrected chi connectivity index (χ4v) is 2.29. The number of hydrazine groups is 1. The Labute approximate surface area is 113 Å². The van der Waals surface area contributed by atoms with Crippen molar-refractivity contribution in [1.82, 2.24) is 15.0 Å². The lowest BCUT2D eigenvalue weighted by Gasteiger charge is -2.27. The van der Waals surface area contributed by atoms with E-state index in [1.807, 2.05) is 0 Å². The van der Waals surface area contributed by atoms with Crippen molar-refractivity contribution in [2.24, 2.45) is 17.2 Å². The van der Waals surface area contributed by atoms with Crippen LogP contribution in [0.15, 0.2) is 0 Å². The van der Waals surface area contributed by atoms with E-state index in [0.29, 0.717) is 23.2 Å². The van der Waals surface area contributed by atoms with Crippen molar-refractivity contribution in [2.45, 2.75) is 27.2 Å². The number of hydrogen-bond acceptors (Lipinski definition) is 7. The molecule has 7 heteroatoms. The molecular weight excluding hydrogens is 244 g/mol. The molecule has 2 heterocycles. The van der Waals surface area contributed by atoms with Gasteiger partial charge in [0.05, 0.1) is 7.11 Å². The molecule has 1 aromatic rings. The minimum Gasteiger partial charge on any atom is -0.467 e. The average molecular weight is 266 g/mol. The first-order chi connectivity index (χ1) is 8.94. The summed E-state index contributed by atoms with van der Waals surface area (Å²) < 4.78 is 5.07. The Morgan fingerprint density at radius 1 is 1.32 bits per heavy atom. The quantitative estimate of drug-likeness (QED) is 0.624. The molecule has 0 radical (unpaired) electrons. The molecule has 1 aliphatic rings. The summed E-state index contributed by atoms with van der Waals surface area (Å²) in [5, 5.41) is 0. The van der Waals surface area contributed by atoms with E-state index in [4.69, 9.17) is 10.6 Å². The van der Waals surface area contributed by atoms with Crippen LogP contribution >= 0.6 is 0 Å². The van der Waals surface area contributed by atoms with Crippen molar-refractivity contribution >= 4 is 11.9 Å². The molecule has 3 N–H and O–H groups in total. The molecule has 19 heavy (non-hydrogen) atoms. The van der Waals surface area contributed by atoms with E-state index in [1.165, 1.54) is 7.11 Å². The summed E-state index contributed by atoms with van der Waals surface area (Å²) in [4.78, 5) is 14.7. The smallest absolute Gasteiger partial charge is 0.322 e. The van der Waals surface area contributed by atoms with Crippen molar-refractivity contribution < 1.29 is 4.74 Å². The summed E-state index contributed by atoms with van der Waals surface area (Å²) in [5.74, 6) is 6.93. The zero-order valence-electron chi connectivity index (χ0n) is 12.0. The van der Waals surface area contributed by atoms with Gasteiger partial charge < -0.3 is 9.64 Å². The Bertz CT molecular complexity index is 422. The minimum atomic E-state index is 0.275. The molecule has 1 aliphatic heterocycles. The zero-order valence-corrected chi connectivity index (χ0v) is 12.0. The van der Waals surface area contributed by atoms with E-state index in [9.17, 15) is 0 Å². The van der Waals surface area contributed by atoms with Crippen LogP contribution in [-0.2, 0) is 0 Å².